The molecule has 1 N–H and O–H groups in total. The van der Waals surface area contributed by atoms with Crippen LogP contribution in [0.2, 0.25) is 0 Å². The number of nitrogens with one attached hydrogen (secondary N) is 1. The normalized spacial score (nSPS) is 17.2. The number of anilines is 2. The Morgan fingerprint density at radius 1 is 1.00 bits per heavy atom. The summed E-state index contributed by atoms with van der Waals surface area (Å²) in [6, 6.07) is 10.6. The highest BCUT2D eigenvalue weighted by Crippen LogP contribution is 2.28. The van der Waals surface area contributed by atoms with Crippen LogP contribution >= 0.6 is 0 Å². The van der Waals surface area contributed by atoms with Crippen LogP contribution in [0.15, 0.2) is 48.5 Å². The van der Waals surface area contributed by atoms with E-state index in [0.29, 0.717) is 17.1 Å². The number of methoxy groups -OCH3 is 1. The van der Waals surface area contributed by atoms with Gasteiger partial charge in [-0.15, -0.1) is 13.2 Å². The number of hydrogen-bond donors (Lipinski definition) is 1. The van der Waals surface area contributed by atoms with Gasteiger partial charge < -0.3 is 14.8 Å². The van der Waals surface area contributed by atoms with Crippen molar-refractivity contribution in [2.24, 2.45) is 0 Å². The van der Waals surface area contributed by atoms with E-state index < -0.39 is 18.3 Å². The maximum atomic E-state index is 12.6. The third-order valence-corrected chi connectivity index (χ3v) is 3.91. The standard InChI is InChI=1S/C18H15F3N2O4/c1-26-13-8-4-12(5-9-13)23-16(24)10-15(17(23)25)22-11-2-6-14(7-3-11)27-18(19,20)21/h2-9,15,22H,10H2,1H3. The molecular weight excluding hydrogens is 365 g/mol. The van der Waals surface area contributed by atoms with Gasteiger partial charge in [0.15, 0.2) is 0 Å². The molecule has 1 atom stereocenters. The third kappa shape index (κ3) is 4.30. The van der Waals surface area contributed by atoms with Crippen molar-refractivity contribution in [3.8, 4) is 11.5 Å². The molecule has 0 spiro atoms. The van der Waals surface area contributed by atoms with Crippen LogP contribution < -0.4 is 19.7 Å². The molecule has 2 aromatic carbocycles. The minimum absolute atomic E-state index is 0.0638. The molecule has 9 heteroatoms. The largest absolute Gasteiger partial charge is 0.573 e. The monoisotopic (exact) mass is 380 g/mol. The predicted octanol–water partition coefficient (Wildman–Crippen LogP) is 3.34. The number of halogens is 3. The molecule has 1 fully saturated rings. The van der Waals surface area contributed by atoms with Crippen molar-refractivity contribution >= 4 is 23.2 Å². The van der Waals surface area contributed by atoms with Crippen molar-refractivity contribution in [1.82, 2.24) is 0 Å². The van der Waals surface area contributed by atoms with Gasteiger partial charge in [-0.1, -0.05) is 0 Å². The molecule has 1 aliphatic heterocycles. The fraction of sp³-hybridized carbons (Fsp3) is 0.222. The molecule has 2 aromatic rings. The Morgan fingerprint density at radius 2 is 1.59 bits per heavy atom. The summed E-state index contributed by atoms with van der Waals surface area (Å²) in [4.78, 5) is 25.9. The van der Waals surface area contributed by atoms with Crippen LogP contribution in [0.5, 0.6) is 11.5 Å². The molecular formula is C18H15F3N2O4. The van der Waals surface area contributed by atoms with Gasteiger partial charge in [0.05, 0.1) is 19.2 Å². The third-order valence-electron chi connectivity index (χ3n) is 3.91. The van der Waals surface area contributed by atoms with E-state index in [1.165, 1.54) is 19.2 Å². The summed E-state index contributed by atoms with van der Waals surface area (Å²) in [7, 11) is 1.51. The molecule has 27 heavy (non-hydrogen) atoms. The number of benzene rings is 2. The first-order valence-electron chi connectivity index (χ1n) is 7.90. The van der Waals surface area contributed by atoms with E-state index in [2.05, 4.69) is 10.1 Å². The number of carbonyl (C=O) groups is 2. The van der Waals surface area contributed by atoms with E-state index in [0.717, 1.165) is 17.0 Å². The fourth-order valence-electron chi connectivity index (χ4n) is 2.70. The summed E-state index contributed by atoms with van der Waals surface area (Å²) >= 11 is 0. The highest BCUT2D eigenvalue weighted by Gasteiger charge is 2.39. The van der Waals surface area contributed by atoms with Gasteiger partial charge in [-0.2, -0.15) is 0 Å². The average molecular weight is 380 g/mol. The Kier molecular flexibility index (Phi) is 4.93. The summed E-state index contributed by atoms with van der Waals surface area (Å²) in [5.74, 6) is -0.601. The topological polar surface area (TPSA) is 67.9 Å². The average Bonchev–Trinajstić information content (AvgIpc) is 2.89. The number of alkyl halides is 3. The lowest BCUT2D eigenvalue weighted by Gasteiger charge is -2.16. The van der Waals surface area contributed by atoms with Gasteiger partial charge in [0.1, 0.15) is 17.5 Å². The van der Waals surface area contributed by atoms with Gasteiger partial charge in [0.2, 0.25) is 5.91 Å². The number of nitrogens with zero attached hydrogens (tertiary/aromatic N) is 1. The Bertz CT molecular complexity index is 835. The second kappa shape index (κ2) is 7.18. The van der Waals surface area contributed by atoms with Crippen LogP contribution in [-0.4, -0.2) is 31.3 Å². The lowest BCUT2D eigenvalue weighted by Crippen LogP contribution is -2.34. The second-order valence-corrected chi connectivity index (χ2v) is 5.74. The first kappa shape index (κ1) is 18.6. The molecule has 0 aromatic heterocycles. The van der Waals surface area contributed by atoms with Crippen molar-refractivity contribution in [2.75, 3.05) is 17.3 Å². The van der Waals surface area contributed by atoms with Crippen molar-refractivity contribution < 1.29 is 32.2 Å². The minimum Gasteiger partial charge on any atom is -0.497 e. The molecule has 0 saturated carbocycles. The fourth-order valence-corrected chi connectivity index (χ4v) is 2.70. The molecule has 0 radical (unpaired) electrons. The number of hydrogen-bond acceptors (Lipinski definition) is 5. The SMILES string of the molecule is COc1ccc(N2C(=O)CC(Nc3ccc(OC(F)(F)F)cc3)C2=O)cc1. The zero-order valence-electron chi connectivity index (χ0n) is 14.1. The van der Waals surface area contributed by atoms with Crippen molar-refractivity contribution in [3.63, 3.8) is 0 Å². The highest BCUT2D eigenvalue weighted by molar-refractivity contribution is 6.23. The van der Waals surface area contributed by atoms with Gasteiger partial charge >= 0.3 is 6.36 Å². The summed E-state index contributed by atoms with van der Waals surface area (Å²) in [6.07, 6.45) is -4.84. The summed E-state index contributed by atoms with van der Waals surface area (Å²) in [5, 5.41) is 2.86. The van der Waals surface area contributed by atoms with Gasteiger partial charge in [0, 0.05) is 5.69 Å². The molecule has 3 rings (SSSR count). The molecule has 6 nitrogen and oxygen atoms in total. The van der Waals surface area contributed by atoms with E-state index in [9.17, 15) is 22.8 Å². The molecule has 0 aliphatic carbocycles. The summed E-state index contributed by atoms with van der Waals surface area (Å²) in [6.45, 7) is 0. The predicted molar refractivity (Wildman–Crippen MR) is 90.6 cm³/mol. The highest BCUT2D eigenvalue weighted by atomic mass is 19.4. The van der Waals surface area contributed by atoms with Gasteiger partial charge in [-0.25, -0.2) is 4.90 Å². The number of amides is 2. The number of rotatable bonds is 5. The maximum Gasteiger partial charge on any atom is 0.573 e. The molecule has 142 valence electrons. The van der Waals surface area contributed by atoms with Gasteiger partial charge in [0.25, 0.3) is 5.91 Å². The molecule has 1 aliphatic rings. The number of imide groups is 1. The van der Waals surface area contributed by atoms with Crippen LogP contribution in [0.25, 0.3) is 0 Å². The van der Waals surface area contributed by atoms with Crippen LogP contribution in [0.1, 0.15) is 6.42 Å². The lowest BCUT2D eigenvalue weighted by atomic mass is 10.2. The van der Waals surface area contributed by atoms with E-state index >= 15 is 0 Å². The number of ether oxygens (including phenoxy) is 2. The summed E-state index contributed by atoms with van der Waals surface area (Å²) < 4.78 is 45.4. The quantitative estimate of drug-likeness (QED) is 0.806. The van der Waals surface area contributed by atoms with Crippen LogP contribution in [-0.2, 0) is 9.59 Å². The molecule has 2 amide bonds. The molecule has 1 saturated heterocycles. The zero-order chi connectivity index (χ0) is 19.6. The maximum absolute atomic E-state index is 12.6. The Balaban J connectivity index is 1.69. The first-order valence-corrected chi connectivity index (χ1v) is 7.90. The van der Waals surface area contributed by atoms with Crippen LogP contribution in [0.3, 0.4) is 0 Å². The van der Waals surface area contributed by atoms with Gasteiger partial charge in [-0.05, 0) is 48.5 Å². The van der Waals surface area contributed by atoms with E-state index in [4.69, 9.17) is 4.74 Å². The zero-order valence-corrected chi connectivity index (χ0v) is 14.1. The first-order chi connectivity index (χ1) is 12.8. The smallest absolute Gasteiger partial charge is 0.497 e. The van der Waals surface area contributed by atoms with E-state index in [1.54, 1.807) is 24.3 Å². The van der Waals surface area contributed by atoms with Crippen LogP contribution in [0, 0.1) is 0 Å². The van der Waals surface area contributed by atoms with Crippen molar-refractivity contribution in [1.29, 1.82) is 0 Å². The minimum atomic E-state index is -4.78. The van der Waals surface area contributed by atoms with E-state index in [1.807, 2.05) is 0 Å². The van der Waals surface area contributed by atoms with E-state index in [-0.39, 0.29) is 18.1 Å². The Morgan fingerprint density at radius 3 is 2.15 bits per heavy atom. The molecule has 0 bridgehead atoms. The molecule has 1 heterocycles. The summed E-state index contributed by atoms with van der Waals surface area (Å²) in [5.41, 5.74) is 0.816. The molecule has 1 unspecified atom stereocenters. The second-order valence-electron chi connectivity index (χ2n) is 5.74. The van der Waals surface area contributed by atoms with Crippen LogP contribution in [0.4, 0.5) is 24.5 Å². The lowest BCUT2D eigenvalue weighted by molar-refractivity contribution is -0.274. The Hall–Kier alpha value is -3.23. The van der Waals surface area contributed by atoms with Gasteiger partial charge in [-0.3, -0.25) is 9.59 Å². The Labute approximate surface area is 152 Å². The van der Waals surface area contributed by atoms with Crippen molar-refractivity contribution in [2.45, 2.75) is 18.8 Å². The number of carbonyl (C=O) groups excluding carboxylic acids is 2. The van der Waals surface area contributed by atoms with Crippen molar-refractivity contribution in [3.05, 3.63) is 48.5 Å².